The molecule has 2 amide bonds. The SMILES string of the molecule is CSCC[C@H](NC(=O)C[C@H]1CC[C@@H](NC(=O)OCC2c3ccccc3-c3ccccc32)C1)C(=O)O. The van der Waals surface area contributed by atoms with Crippen LogP contribution in [0.25, 0.3) is 11.1 Å². The van der Waals surface area contributed by atoms with Crippen LogP contribution in [-0.4, -0.2) is 53.8 Å². The number of amides is 2. The lowest BCUT2D eigenvalue weighted by Crippen LogP contribution is -2.41. The van der Waals surface area contributed by atoms with Crippen LogP contribution < -0.4 is 10.6 Å². The van der Waals surface area contributed by atoms with Gasteiger partial charge in [-0.25, -0.2) is 9.59 Å². The summed E-state index contributed by atoms with van der Waals surface area (Å²) in [5, 5.41) is 14.9. The minimum absolute atomic E-state index is 0.0152. The molecule has 0 heterocycles. The van der Waals surface area contributed by atoms with Gasteiger partial charge in [0.1, 0.15) is 12.6 Å². The van der Waals surface area contributed by atoms with E-state index in [-0.39, 0.29) is 36.8 Å². The molecule has 7 nitrogen and oxygen atoms in total. The van der Waals surface area contributed by atoms with Gasteiger partial charge in [0.25, 0.3) is 0 Å². The number of hydrogen-bond acceptors (Lipinski definition) is 5. The molecule has 2 aromatic carbocycles. The third-order valence-electron chi connectivity index (χ3n) is 6.92. The molecule has 2 aromatic rings. The smallest absolute Gasteiger partial charge is 0.407 e. The first-order chi connectivity index (χ1) is 17.0. The lowest BCUT2D eigenvalue weighted by Gasteiger charge is -2.17. The van der Waals surface area contributed by atoms with Crippen molar-refractivity contribution in [3.63, 3.8) is 0 Å². The topological polar surface area (TPSA) is 105 Å². The summed E-state index contributed by atoms with van der Waals surface area (Å²) in [7, 11) is 0. The number of nitrogens with one attached hydrogen (secondary N) is 2. The fourth-order valence-electron chi connectivity index (χ4n) is 5.21. The molecule has 1 saturated carbocycles. The quantitative estimate of drug-likeness (QED) is 0.450. The lowest BCUT2D eigenvalue weighted by atomic mass is 9.98. The summed E-state index contributed by atoms with van der Waals surface area (Å²) >= 11 is 1.55. The van der Waals surface area contributed by atoms with Crippen LogP contribution in [-0.2, 0) is 14.3 Å². The van der Waals surface area contributed by atoms with E-state index in [9.17, 15) is 19.5 Å². The number of carbonyl (C=O) groups excluding carboxylic acids is 2. The zero-order valence-electron chi connectivity index (χ0n) is 19.9. The van der Waals surface area contributed by atoms with Gasteiger partial charge in [0.05, 0.1) is 0 Å². The van der Waals surface area contributed by atoms with Crippen molar-refractivity contribution in [1.82, 2.24) is 10.6 Å². The van der Waals surface area contributed by atoms with E-state index in [2.05, 4.69) is 34.9 Å². The van der Waals surface area contributed by atoms with Gasteiger partial charge in [-0.2, -0.15) is 11.8 Å². The Kier molecular flexibility index (Phi) is 8.33. The third kappa shape index (κ3) is 6.17. The van der Waals surface area contributed by atoms with Gasteiger partial charge in [0, 0.05) is 18.4 Å². The van der Waals surface area contributed by atoms with Crippen LogP contribution in [0, 0.1) is 5.92 Å². The fourth-order valence-corrected chi connectivity index (χ4v) is 5.68. The second-order valence-corrected chi connectivity index (χ2v) is 10.3. The summed E-state index contributed by atoms with van der Waals surface area (Å²) in [4.78, 5) is 36.3. The van der Waals surface area contributed by atoms with Gasteiger partial charge in [-0.3, -0.25) is 4.79 Å². The van der Waals surface area contributed by atoms with Crippen molar-refractivity contribution in [3.05, 3.63) is 59.7 Å². The van der Waals surface area contributed by atoms with Crippen LogP contribution in [0.3, 0.4) is 0 Å². The fraction of sp³-hybridized carbons (Fsp3) is 0.444. The summed E-state index contributed by atoms with van der Waals surface area (Å²) < 4.78 is 5.64. The van der Waals surface area contributed by atoms with E-state index in [1.165, 1.54) is 22.3 Å². The number of alkyl carbamates (subject to hydrolysis) is 1. The molecular weight excluding hydrogens is 464 g/mol. The number of aliphatic carboxylic acids is 1. The van der Waals surface area contributed by atoms with E-state index in [4.69, 9.17) is 4.74 Å². The number of fused-ring (bicyclic) bond motifs is 3. The van der Waals surface area contributed by atoms with Crippen LogP contribution >= 0.6 is 11.8 Å². The first kappa shape index (κ1) is 25.1. The van der Waals surface area contributed by atoms with Gasteiger partial charge in [0.15, 0.2) is 0 Å². The molecule has 8 heteroatoms. The average molecular weight is 497 g/mol. The zero-order chi connectivity index (χ0) is 24.8. The van der Waals surface area contributed by atoms with E-state index in [0.29, 0.717) is 18.6 Å². The highest BCUT2D eigenvalue weighted by Gasteiger charge is 2.31. The Balaban J connectivity index is 1.24. The molecular formula is C27H32N2O5S. The Morgan fingerprint density at radius 3 is 2.34 bits per heavy atom. The summed E-state index contributed by atoms with van der Waals surface area (Å²) in [5.41, 5.74) is 4.72. The molecule has 0 aliphatic heterocycles. The van der Waals surface area contributed by atoms with Crippen molar-refractivity contribution in [2.24, 2.45) is 5.92 Å². The van der Waals surface area contributed by atoms with Gasteiger partial charge in [-0.15, -0.1) is 0 Å². The number of carboxylic acid groups (broad SMARTS) is 1. The molecule has 0 aromatic heterocycles. The van der Waals surface area contributed by atoms with Gasteiger partial charge in [0.2, 0.25) is 5.91 Å². The Labute approximate surface area is 210 Å². The maximum absolute atomic E-state index is 12.5. The van der Waals surface area contributed by atoms with Crippen molar-refractivity contribution in [3.8, 4) is 11.1 Å². The molecule has 0 spiro atoms. The second-order valence-electron chi connectivity index (χ2n) is 9.29. The zero-order valence-corrected chi connectivity index (χ0v) is 20.7. The monoisotopic (exact) mass is 496 g/mol. The van der Waals surface area contributed by atoms with E-state index >= 15 is 0 Å². The molecule has 3 atom stereocenters. The first-order valence-electron chi connectivity index (χ1n) is 12.1. The number of thioether (sulfide) groups is 1. The first-order valence-corrected chi connectivity index (χ1v) is 13.5. The van der Waals surface area contributed by atoms with Crippen LogP contribution in [0.5, 0.6) is 0 Å². The van der Waals surface area contributed by atoms with Crippen LogP contribution in [0.15, 0.2) is 48.5 Å². The van der Waals surface area contributed by atoms with Gasteiger partial charge in [-0.05, 0) is 65.9 Å². The summed E-state index contributed by atoms with van der Waals surface area (Å²) in [5.74, 6) is -0.448. The molecule has 4 rings (SSSR count). The average Bonchev–Trinajstić information content (AvgIpc) is 3.41. The molecule has 1 fully saturated rings. The maximum Gasteiger partial charge on any atom is 0.407 e. The van der Waals surface area contributed by atoms with Crippen LogP contribution in [0.4, 0.5) is 4.79 Å². The van der Waals surface area contributed by atoms with Gasteiger partial charge < -0.3 is 20.5 Å². The Hall–Kier alpha value is -3.00. The van der Waals surface area contributed by atoms with Gasteiger partial charge >= 0.3 is 12.1 Å². The predicted molar refractivity (Wildman–Crippen MR) is 137 cm³/mol. The minimum atomic E-state index is -1.01. The third-order valence-corrected chi connectivity index (χ3v) is 7.57. The molecule has 0 radical (unpaired) electrons. The standard InChI is InChI=1S/C27H32N2O5S/c1-35-13-12-24(26(31)32)29-25(30)15-17-10-11-18(14-17)28-27(33)34-16-23-21-8-4-2-6-19(21)20-7-3-5-9-22(20)23/h2-9,17-18,23-24H,10-16H2,1H3,(H,28,33)(H,29,30)(H,31,32)/t17-,18+,24-/m0/s1. The number of ether oxygens (including phenoxy) is 1. The van der Waals surface area contributed by atoms with Crippen molar-refractivity contribution >= 4 is 29.7 Å². The highest BCUT2D eigenvalue weighted by atomic mass is 32.2. The highest BCUT2D eigenvalue weighted by Crippen LogP contribution is 2.44. The van der Waals surface area contributed by atoms with Gasteiger partial charge in [-0.1, -0.05) is 48.5 Å². The molecule has 35 heavy (non-hydrogen) atoms. The van der Waals surface area contributed by atoms with Crippen molar-refractivity contribution in [2.45, 2.75) is 50.1 Å². The Morgan fingerprint density at radius 2 is 1.71 bits per heavy atom. The Morgan fingerprint density at radius 1 is 1.06 bits per heavy atom. The normalized spacial score (nSPS) is 19.5. The number of rotatable bonds is 10. The van der Waals surface area contributed by atoms with Crippen LogP contribution in [0.1, 0.15) is 49.1 Å². The van der Waals surface area contributed by atoms with E-state index in [1.807, 2.05) is 30.5 Å². The molecule has 0 bridgehead atoms. The van der Waals surface area contributed by atoms with Crippen molar-refractivity contribution < 1.29 is 24.2 Å². The van der Waals surface area contributed by atoms with Crippen molar-refractivity contribution in [2.75, 3.05) is 18.6 Å². The summed E-state index contributed by atoms with van der Waals surface area (Å²) in [6, 6.07) is 15.5. The lowest BCUT2D eigenvalue weighted by molar-refractivity contribution is -0.142. The number of benzene rings is 2. The molecule has 2 aliphatic carbocycles. The summed E-state index contributed by atoms with van der Waals surface area (Å²) in [6.45, 7) is 0.269. The Bertz CT molecular complexity index is 1030. The van der Waals surface area contributed by atoms with Crippen LogP contribution in [0.2, 0.25) is 0 Å². The number of carbonyl (C=O) groups is 3. The minimum Gasteiger partial charge on any atom is -0.480 e. The molecule has 3 N–H and O–H groups in total. The van der Waals surface area contributed by atoms with Crippen molar-refractivity contribution in [1.29, 1.82) is 0 Å². The van der Waals surface area contributed by atoms with E-state index in [1.54, 1.807) is 11.8 Å². The highest BCUT2D eigenvalue weighted by molar-refractivity contribution is 7.98. The molecule has 0 unspecified atom stereocenters. The van der Waals surface area contributed by atoms with E-state index in [0.717, 1.165) is 12.8 Å². The summed E-state index contributed by atoms with van der Waals surface area (Å²) in [6.07, 6.45) is 4.40. The van der Waals surface area contributed by atoms with E-state index < -0.39 is 18.1 Å². The molecule has 2 aliphatic rings. The number of carboxylic acids is 1. The number of hydrogen-bond donors (Lipinski definition) is 3. The molecule has 0 saturated heterocycles. The predicted octanol–water partition coefficient (Wildman–Crippen LogP) is 4.41. The largest absolute Gasteiger partial charge is 0.480 e. The second kappa shape index (κ2) is 11.6. The maximum atomic E-state index is 12.5. The molecule has 186 valence electrons.